The van der Waals surface area contributed by atoms with Crippen molar-refractivity contribution >= 4 is 28.3 Å². The van der Waals surface area contributed by atoms with E-state index in [9.17, 15) is 9.59 Å². The highest BCUT2D eigenvalue weighted by molar-refractivity contribution is 7.19. The van der Waals surface area contributed by atoms with Gasteiger partial charge in [-0.3, -0.25) is 14.9 Å². The van der Waals surface area contributed by atoms with Gasteiger partial charge < -0.3 is 23.8 Å². The van der Waals surface area contributed by atoms with Gasteiger partial charge in [0.05, 0.1) is 32.3 Å². The Bertz CT molecular complexity index is 1140. The maximum Gasteiger partial charge on any atom is 0.260 e. The van der Waals surface area contributed by atoms with Crippen molar-refractivity contribution < 1.29 is 28.5 Å². The predicted octanol–water partition coefficient (Wildman–Crippen LogP) is 3.32. The number of hydrogen-bond donors (Lipinski definition) is 1. The molecule has 1 aliphatic rings. The second-order valence-electron chi connectivity index (χ2n) is 7.36. The molecule has 0 radical (unpaired) electrons. The second-order valence-corrected chi connectivity index (χ2v) is 8.39. The van der Waals surface area contributed by atoms with Crippen molar-refractivity contribution in [2.75, 3.05) is 52.4 Å². The second kappa shape index (κ2) is 11.0. The van der Waals surface area contributed by atoms with Crippen LogP contribution in [0.2, 0.25) is 0 Å². The van der Waals surface area contributed by atoms with Gasteiger partial charge in [-0.15, -0.1) is 0 Å². The maximum absolute atomic E-state index is 12.8. The van der Waals surface area contributed by atoms with Crippen molar-refractivity contribution in [2.45, 2.75) is 0 Å². The maximum atomic E-state index is 12.8. The molecule has 0 aliphatic carbocycles. The van der Waals surface area contributed by atoms with E-state index in [-0.39, 0.29) is 18.4 Å². The largest absolute Gasteiger partial charge is 0.497 e. The molecule has 34 heavy (non-hydrogen) atoms. The summed E-state index contributed by atoms with van der Waals surface area (Å²) in [5, 5.41) is 3.29. The van der Waals surface area contributed by atoms with Crippen LogP contribution in [-0.4, -0.2) is 68.8 Å². The molecular formula is C24H25N3O6S. The minimum atomic E-state index is -0.329. The first-order valence-corrected chi connectivity index (χ1v) is 11.5. The normalized spacial score (nSPS) is 13.3. The van der Waals surface area contributed by atoms with E-state index in [0.717, 1.165) is 16.2 Å². The molecule has 1 aromatic heterocycles. The van der Waals surface area contributed by atoms with Gasteiger partial charge in [-0.2, -0.15) is 0 Å². The molecule has 0 saturated carbocycles. The lowest BCUT2D eigenvalue weighted by atomic mass is 10.2. The molecule has 2 aromatic carbocycles. The Hall–Kier alpha value is -3.63. The number of methoxy groups -OCH3 is 2. The van der Waals surface area contributed by atoms with E-state index in [4.69, 9.17) is 18.9 Å². The number of hydrogen-bond acceptors (Lipinski definition) is 8. The van der Waals surface area contributed by atoms with Gasteiger partial charge in [-0.25, -0.2) is 4.98 Å². The van der Waals surface area contributed by atoms with Gasteiger partial charge in [-0.05, 0) is 48.0 Å². The summed E-state index contributed by atoms with van der Waals surface area (Å²) < 4.78 is 21.5. The first kappa shape index (κ1) is 23.5. The fourth-order valence-electron chi connectivity index (χ4n) is 3.36. The molecule has 0 atom stereocenters. The summed E-state index contributed by atoms with van der Waals surface area (Å²) in [5.74, 6) is 1.07. The van der Waals surface area contributed by atoms with Crippen LogP contribution in [0.5, 0.6) is 17.2 Å². The van der Waals surface area contributed by atoms with Crippen LogP contribution in [0.3, 0.4) is 0 Å². The number of morpholine rings is 1. The molecule has 9 nitrogen and oxygen atoms in total. The highest BCUT2D eigenvalue weighted by atomic mass is 32.1. The number of aromatic nitrogens is 1. The molecule has 2 amide bonds. The average Bonchev–Trinajstić information content (AvgIpc) is 3.36. The van der Waals surface area contributed by atoms with Gasteiger partial charge in [0.15, 0.2) is 23.2 Å². The first-order valence-electron chi connectivity index (χ1n) is 10.7. The lowest BCUT2D eigenvalue weighted by Gasteiger charge is -2.26. The van der Waals surface area contributed by atoms with Crippen LogP contribution in [0.1, 0.15) is 10.4 Å². The number of nitrogens with zero attached hydrogens (tertiary/aromatic N) is 2. The SMILES string of the molecule is COc1ccc(-c2cnc(NC(=O)c3ccc(OCC(=O)N4CCOCC4)c(OC)c3)s2)cc1. The monoisotopic (exact) mass is 483 g/mol. The van der Waals surface area contributed by atoms with Gasteiger partial charge in [0.1, 0.15) is 5.75 Å². The molecule has 10 heteroatoms. The van der Waals surface area contributed by atoms with Gasteiger partial charge >= 0.3 is 0 Å². The van der Waals surface area contributed by atoms with Crippen molar-refractivity contribution in [3.63, 3.8) is 0 Å². The molecule has 1 aliphatic heterocycles. The van der Waals surface area contributed by atoms with Crippen LogP contribution < -0.4 is 19.5 Å². The third-order valence-electron chi connectivity index (χ3n) is 5.24. The Morgan fingerprint density at radius 1 is 1.06 bits per heavy atom. The Morgan fingerprint density at radius 3 is 2.53 bits per heavy atom. The van der Waals surface area contributed by atoms with E-state index in [2.05, 4.69) is 10.3 Å². The van der Waals surface area contributed by atoms with E-state index in [0.29, 0.717) is 48.5 Å². The molecule has 0 bridgehead atoms. The van der Waals surface area contributed by atoms with E-state index in [1.807, 2.05) is 24.3 Å². The summed E-state index contributed by atoms with van der Waals surface area (Å²) in [6, 6.07) is 12.4. The van der Waals surface area contributed by atoms with Gasteiger partial charge in [0, 0.05) is 24.8 Å². The predicted molar refractivity (Wildman–Crippen MR) is 128 cm³/mol. The number of rotatable bonds is 8. The van der Waals surface area contributed by atoms with Crippen molar-refractivity contribution in [3.8, 4) is 27.7 Å². The zero-order chi connectivity index (χ0) is 23.9. The van der Waals surface area contributed by atoms with Gasteiger partial charge in [0.2, 0.25) is 0 Å². The van der Waals surface area contributed by atoms with E-state index < -0.39 is 0 Å². The highest BCUT2D eigenvalue weighted by Gasteiger charge is 2.19. The van der Waals surface area contributed by atoms with E-state index in [1.165, 1.54) is 18.4 Å². The van der Waals surface area contributed by atoms with Crippen molar-refractivity contribution in [2.24, 2.45) is 0 Å². The van der Waals surface area contributed by atoms with Gasteiger partial charge in [0.25, 0.3) is 11.8 Å². The molecule has 1 fully saturated rings. The van der Waals surface area contributed by atoms with Crippen LogP contribution in [0.15, 0.2) is 48.7 Å². The summed E-state index contributed by atoms with van der Waals surface area (Å²) in [6.45, 7) is 2.04. The minimum Gasteiger partial charge on any atom is -0.497 e. The standard InChI is InChI=1S/C24H25N3O6S/c1-30-18-6-3-16(4-7-18)21-14-25-24(34-21)26-23(29)17-5-8-19(20(13-17)31-2)33-15-22(28)27-9-11-32-12-10-27/h3-8,13-14H,9-12,15H2,1-2H3,(H,25,26,29). The lowest BCUT2D eigenvalue weighted by molar-refractivity contribution is -0.137. The molecule has 1 N–H and O–H groups in total. The lowest BCUT2D eigenvalue weighted by Crippen LogP contribution is -2.43. The number of benzene rings is 2. The third kappa shape index (κ3) is 5.64. The Morgan fingerprint density at radius 2 is 1.82 bits per heavy atom. The van der Waals surface area contributed by atoms with Crippen molar-refractivity contribution in [1.82, 2.24) is 9.88 Å². The summed E-state index contributed by atoms with van der Waals surface area (Å²) >= 11 is 1.37. The molecule has 178 valence electrons. The number of nitrogens with one attached hydrogen (secondary N) is 1. The van der Waals surface area contributed by atoms with Crippen LogP contribution in [0.4, 0.5) is 5.13 Å². The number of ether oxygens (including phenoxy) is 4. The summed E-state index contributed by atoms with van der Waals surface area (Å²) in [7, 11) is 3.10. The zero-order valence-corrected chi connectivity index (χ0v) is 19.7. The smallest absolute Gasteiger partial charge is 0.260 e. The Labute approximate surface area is 201 Å². The molecule has 0 spiro atoms. The van der Waals surface area contributed by atoms with Gasteiger partial charge in [-0.1, -0.05) is 11.3 Å². The van der Waals surface area contributed by atoms with Crippen LogP contribution in [-0.2, 0) is 9.53 Å². The van der Waals surface area contributed by atoms with Crippen molar-refractivity contribution in [3.05, 3.63) is 54.2 Å². The summed E-state index contributed by atoms with van der Waals surface area (Å²) in [5.41, 5.74) is 1.36. The molecule has 1 saturated heterocycles. The molecular weight excluding hydrogens is 458 g/mol. The van der Waals surface area contributed by atoms with Crippen LogP contribution in [0.25, 0.3) is 10.4 Å². The fourth-order valence-corrected chi connectivity index (χ4v) is 4.18. The third-order valence-corrected chi connectivity index (χ3v) is 6.20. The topological polar surface area (TPSA) is 99.2 Å². The van der Waals surface area contributed by atoms with E-state index in [1.54, 1.807) is 36.4 Å². The molecule has 0 unspecified atom stereocenters. The zero-order valence-electron chi connectivity index (χ0n) is 18.9. The quantitative estimate of drug-likeness (QED) is 0.525. The van der Waals surface area contributed by atoms with Crippen molar-refractivity contribution in [1.29, 1.82) is 0 Å². The molecule has 2 heterocycles. The minimum absolute atomic E-state index is 0.116. The average molecular weight is 484 g/mol. The molecule has 4 rings (SSSR count). The van der Waals surface area contributed by atoms with Crippen LogP contribution >= 0.6 is 11.3 Å². The highest BCUT2D eigenvalue weighted by Crippen LogP contribution is 2.31. The Balaban J connectivity index is 1.38. The number of carbonyl (C=O) groups excluding carboxylic acids is 2. The number of anilines is 1. The number of carbonyl (C=O) groups is 2. The van der Waals surface area contributed by atoms with Crippen LogP contribution in [0, 0.1) is 0 Å². The fraction of sp³-hybridized carbons (Fsp3) is 0.292. The molecule has 3 aromatic rings. The number of amides is 2. The number of thiazole rings is 1. The summed E-state index contributed by atoms with van der Waals surface area (Å²) in [6.07, 6.45) is 1.71. The Kier molecular flexibility index (Phi) is 7.61. The summed E-state index contributed by atoms with van der Waals surface area (Å²) in [4.78, 5) is 32.0. The van der Waals surface area contributed by atoms with E-state index >= 15 is 0 Å². The first-order chi connectivity index (χ1) is 16.6.